The van der Waals surface area contributed by atoms with Gasteiger partial charge in [0.15, 0.2) is 0 Å². The van der Waals surface area contributed by atoms with Crippen molar-refractivity contribution in [3.63, 3.8) is 0 Å². The van der Waals surface area contributed by atoms with Crippen molar-refractivity contribution in [2.45, 2.75) is 13.5 Å². The fourth-order valence-electron chi connectivity index (χ4n) is 3.69. The van der Waals surface area contributed by atoms with Crippen LogP contribution in [0.3, 0.4) is 0 Å². The third-order valence-corrected chi connectivity index (χ3v) is 6.30. The summed E-state index contributed by atoms with van der Waals surface area (Å²) in [4.78, 5) is 48.2. The Balaban J connectivity index is 1.67. The summed E-state index contributed by atoms with van der Waals surface area (Å²) in [6, 6.07) is 7.87. The van der Waals surface area contributed by atoms with E-state index in [0.717, 1.165) is 0 Å². The van der Waals surface area contributed by atoms with Crippen LogP contribution in [0.15, 0.2) is 36.5 Å². The predicted octanol–water partition coefficient (Wildman–Crippen LogP) is 4.65. The van der Waals surface area contributed by atoms with Crippen molar-refractivity contribution >= 4 is 69.8 Å². The summed E-state index contributed by atoms with van der Waals surface area (Å²) in [6.45, 7) is 1.26. The molecule has 1 aromatic heterocycles. The number of carbonyl (C=O) groups excluding carboxylic acids is 3. The second-order valence-electron chi connectivity index (χ2n) is 7.91. The van der Waals surface area contributed by atoms with Crippen LogP contribution >= 0.6 is 23.2 Å². The number of halogens is 2. The number of urea groups is 1. The third-order valence-electron chi connectivity index (χ3n) is 5.57. The smallest absolute Gasteiger partial charge is 0.330 e. The van der Waals surface area contributed by atoms with Crippen LogP contribution in [-0.2, 0) is 16.1 Å². The Kier molecular flexibility index (Phi) is 7.37. The molecule has 1 aliphatic rings. The van der Waals surface area contributed by atoms with Gasteiger partial charge in [-0.2, -0.15) is 4.98 Å². The van der Waals surface area contributed by atoms with Gasteiger partial charge in [0.05, 0.1) is 37.8 Å². The summed E-state index contributed by atoms with van der Waals surface area (Å²) >= 11 is 13.1. The number of rotatable bonds is 7. The zero-order valence-corrected chi connectivity index (χ0v) is 21.8. The molecule has 2 N–H and O–H groups in total. The quantitative estimate of drug-likeness (QED) is 0.411. The Morgan fingerprint density at radius 3 is 2.27 bits per heavy atom. The summed E-state index contributed by atoms with van der Waals surface area (Å²) in [6.07, 6.45) is 1.57. The van der Waals surface area contributed by atoms with E-state index in [1.807, 2.05) is 0 Å². The molecule has 0 unspecified atom stereocenters. The van der Waals surface area contributed by atoms with E-state index in [1.165, 1.54) is 37.0 Å². The highest BCUT2D eigenvalue weighted by Crippen LogP contribution is 2.47. The predicted molar refractivity (Wildman–Crippen MR) is 141 cm³/mol. The number of ether oxygens (including phenoxy) is 2. The number of methoxy groups -OCH3 is 2. The molecule has 2 aromatic carbocycles. The zero-order valence-electron chi connectivity index (χ0n) is 20.3. The average molecular weight is 545 g/mol. The normalized spacial score (nSPS) is 12.6. The van der Waals surface area contributed by atoms with Gasteiger partial charge in [-0.1, -0.05) is 35.3 Å². The van der Waals surface area contributed by atoms with Crippen molar-refractivity contribution in [1.29, 1.82) is 0 Å². The van der Waals surface area contributed by atoms with Gasteiger partial charge in [-0.05, 0) is 12.1 Å². The molecule has 3 aromatic rings. The molecule has 3 amide bonds. The van der Waals surface area contributed by atoms with Crippen molar-refractivity contribution in [3.8, 4) is 11.5 Å². The maximum atomic E-state index is 13.4. The number of anilines is 5. The van der Waals surface area contributed by atoms with Gasteiger partial charge in [-0.15, -0.1) is 0 Å². The van der Waals surface area contributed by atoms with Crippen LogP contribution in [-0.4, -0.2) is 49.0 Å². The Hall–Kier alpha value is -4.09. The summed E-state index contributed by atoms with van der Waals surface area (Å²) in [5, 5.41) is 5.87. The Morgan fingerprint density at radius 1 is 1.05 bits per heavy atom. The first kappa shape index (κ1) is 26.0. The number of hydrogen-bond acceptors (Lipinski definition) is 8. The molecule has 2 heterocycles. The number of fused-ring (bicyclic) bond motifs is 1. The van der Waals surface area contributed by atoms with Gasteiger partial charge in [-0.25, -0.2) is 9.78 Å². The van der Waals surface area contributed by atoms with Crippen molar-refractivity contribution in [2.24, 2.45) is 0 Å². The van der Waals surface area contributed by atoms with Crippen LogP contribution in [0.25, 0.3) is 0 Å². The monoisotopic (exact) mass is 544 g/mol. The average Bonchev–Trinajstić information content (AvgIpc) is 2.88. The number of aromatic nitrogens is 2. The summed E-state index contributed by atoms with van der Waals surface area (Å²) in [5.74, 6) is -0.242. The topological polar surface area (TPSA) is 126 Å². The first-order chi connectivity index (χ1) is 17.7. The first-order valence-corrected chi connectivity index (χ1v) is 11.6. The number of nitrogens with zero attached hydrogens (tertiary/aromatic N) is 4. The highest BCUT2D eigenvalue weighted by atomic mass is 35.5. The number of hydrogen-bond donors (Lipinski definition) is 2. The number of ketones is 1. The van der Waals surface area contributed by atoms with E-state index in [9.17, 15) is 14.4 Å². The molecular weight excluding hydrogens is 523 g/mol. The van der Waals surface area contributed by atoms with Gasteiger partial charge < -0.3 is 20.1 Å². The molecule has 0 aliphatic carbocycles. The van der Waals surface area contributed by atoms with Gasteiger partial charge >= 0.3 is 6.03 Å². The van der Waals surface area contributed by atoms with Gasteiger partial charge in [0.2, 0.25) is 11.7 Å². The standard InChI is InChI=1S/C24H22Cl2N6O5/c1-12(33)22(34)28-14-7-5-6-8-15(14)29-23-27-10-13-11-32(24(35)31(2)21(13)30-23)20-18(25)16(36-3)9-17(37-4)19(20)26/h5-10H,11H2,1-4H3,(H,28,34)(H,27,29,30). The number of nitrogens with one attached hydrogen (secondary N) is 2. The first-order valence-electron chi connectivity index (χ1n) is 10.8. The largest absolute Gasteiger partial charge is 0.495 e. The van der Waals surface area contributed by atoms with E-state index in [1.54, 1.807) is 37.5 Å². The maximum Gasteiger partial charge on any atom is 0.330 e. The second-order valence-corrected chi connectivity index (χ2v) is 8.66. The molecule has 11 nitrogen and oxygen atoms in total. The maximum absolute atomic E-state index is 13.4. The van der Waals surface area contributed by atoms with Crippen molar-refractivity contribution in [3.05, 3.63) is 52.1 Å². The zero-order chi connectivity index (χ0) is 26.9. The highest BCUT2D eigenvalue weighted by Gasteiger charge is 2.35. The fraction of sp³-hybridized carbons (Fsp3) is 0.208. The lowest BCUT2D eigenvalue weighted by molar-refractivity contribution is -0.133. The molecule has 0 fully saturated rings. The molecule has 0 radical (unpaired) electrons. The van der Waals surface area contributed by atoms with E-state index in [0.29, 0.717) is 34.3 Å². The van der Waals surface area contributed by atoms with E-state index in [2.05, 4.69) is 20.6 Å². The van der Waals surface area contributed by atoms with Crippen LogP contribution in [0.5, 0.6) is 11.5 Å². The SMILES string of the molecule is COc1cc(OC)c(Cl)c(N2Cc3cnc(Nc4ccccc4NC(=O)C(C)=O)nc3N(C)C2=O)c1Cl. The lowest BCUT2D eigenvalue weighted by Gasteiger charge is -2.35. The number of benzene rings is 2. The van der Waals surface area contributed by atoms with Crippen molar-refractivity contribution < 1.29 is 23.9 Å². The molecule has 4 rings (SSSR count). The number of amides is 3. The van der Waals surface area contributed by atoms with E-state index < -0.39 is 17.7 Å². The lowest BCUT2D eigenvalue weighted by atomic mass is 10.2. The summed E-state index contributed by atoms with van der Waals surface area (Å²) < 4.78 is 10.6. The molecule has 13 heteroatoms. The molecule has 0 saturated heterocycles. The third kappa shape index (κ3) is 4.95. The molecule has 1 aliphatic heterocycles. The van der Waals surface area contributed by atoms with Crippen LogP contribution in [0, 0.1) is 0 Å². The summed E-state index contributed by atoms with van der Waals surface area (Å²) in [5.41, 5.74) is 1.69. The van der Waals surface area contributed by atoms with Crippen LogP contribution in [0.4, 0.5) is 33.6 Å². The number of Topliss-reactive ketones (excluding diaryl/α,β-unsaturated/α-hetero) is 1. The van der Waals surface area contributed by atoms with E-state index in [4.69, 9.17) is 32.7 Å². The van der Waals surface area contributed by atoms with Crippen molar-refractivity contribution in [1.82, 2.24) is 9.97 Å². The van der Waals surface area contributed by atoms with E-state index >= 15 is 0 Å². The highest BCUT2D eigenvalue weighted by molar-refractivity contribution is 6.42. The number of carbonyl (C=O) groups is 3. The molecule has 192 valence electrons. The molecule has 0 atom stereocenters. The Morgan fingerprint density at radius 2 is 1.68 bits per heavy atom. The minimum Gasteiger partial charge on any atom is -0.495 e. The van der Waals surface area contributed by atoms with Gasteiger partial charge in [0.1, 0.15) is 27.4 Å². The fourth-order valence-corrected chi connectivity index (χ4v) is 4.39. The summed E-state index contributed by atoms with van der Waals surface area (Å²) in [7, 11) is 4.46. The minimum absolute atomic E-state index is 0.0831. The molecule has 0 saturated carbocycles. The minimum atomic E-state index is -0.752. The molecular formula is C24H22Cl2N6O5. The second kappa shape index (κ2) is 10.5. The number of para-hydroxylation sites is 2. The van der Waals surface area contributed by atoms with Crippen LogP contribution < -0.4 is 29.9 Å². The van der Waals surface area contributed by atoms with E-state index in [-0.39, 0.29) is 28.2 Å². The Bertz CT molecular complexity index is 1390. The molecule has 37 heavy (non-hydrogen) atoms. The molecule has 0 bridgehead atoms. The lowest BCUT2D eigenvalue weighted by Crippen LogP contribution is -2.46. The van der Waals surface area contributed by atoms with Crippen molar-refractivity contribution in [2.75, 3.05) is 41.7 Å². The van der Waals surface area contributed by atoms with Crippen LogP contribution in [0.2, 0.25) is 10.0 Å². The van der Waals surface area contributed by atoms with Gasteiger partial charge in [-0.3, -0.25) is 19.4 Å². The van der Waals surface area contributed by atoms with Gasteiger partial charge in [0.25, 0.3) is 5.91 Å². The van der Waals surface area contributed by atoms with Crippen LogP contribution in [0.1, 0.15) is 12.5 Å². The molecule has 0 spiro atoms. The van der Waals surface area contributed by atoms with Gasteiger partial charge in [0, 0.05) is 31.8 Å². The Labute approximate surface area is 222 Å².